The number of hydrogen-bond acceptors (Lipinski definition) is 2. The van der Waals surface area contributed by atoms with Crippen molar-refractivity contribution >= 4 is 17.5 Å². The summed E-state index contributed by atoms with van der Waals surface area (Å²) in [5.41, 5.74) is 3.39. The van der Waals surface area contributed by atoms with E-state index in [-0.39, 0.29) is 17.8 Å². The molecular formula is C22H24ClFN2O. The number of halogens is 2. The first-order chi connectivity index (χ1) is 12.9. The van der Waals surface area contributed by atoms with E-state index in [1.165, 1.54) is 17.2 Å². The summed E-state index contributed by atoms with van der Waals surface area (Å²) in [6, 6.07) is 12.7. The fraction of sp³-hybridized carbons (Fsp3) is 0.409. The number of rotatable bonds is 3. The molecule has 0 radical (unpaired) electrons. The Morgan fingerprint density at radius 1 is 1.19 bits per heavy atom. The summed E-state index contributed by atoms with van der Waals surface area (Å²) in [5.74, 6) is 0.586. The van der Waals surface area contributed by atoms with Crippen molar-refractivity contribution in [3.63, 3.8) is 0 Å². The summed E-state index contributed by atoms with van der Waals surface area (Å²) >= 11 is 6.08. The lowest BCUT2D eigenvalue weighted by molar-refractivity contribution is -0.130. The molecular weight excluding hydrogens is 363 g/mol. The van der Waals surface area contributed by atoms with Crippen LogP contribution in [-0.2, 0) is 11.3 Å². The predicted molar refractivity (Wildman–Crippen MR) is 105 cm³/mol. The first-order valence-corrected chi connectivity index (χ1v) is 9.80. The van der Waals surface area contributed by atoms with Crippen LogP contribution in [0.1, 0.15) is 29.7 Å². The van der Waals surface area contributed by atoms with E-state index in [2.05, 4.69) is 17.9 Å². The molecule has 3 nitrogen and oxygen atoms in total. The molecule has 27 heavy (non-hydrogen) atoms. The molecule has 0 spiro atoms. The van der Waals surface area contributed by atoms with Crippen molar-refractivity contribution in [2.24, 2.45) is 11.8 Å². The van der Waals surface area contributed by atoms with Gasteiger partial charge in [0.15, 0.2) is 0 Å². The lowest BCUT2D eigenvalue weighted by atomic mass is 9.89. The normalized spacial score (nSPS) is 25.0. The van der Waals surface area contributed by atoms with Crippen LogP contribution in [0.3, 0.4) is 0 Å². The van der Waals surface area contributed by atoms with E-state index < -0.39 is 0 Å². The van der Waals surface area contributed by atoms with Crippen molar-refractivity contribution in [2.75, 3.05) is 19.6 Å². The van der Waals surface area contributed by atoms with Crippen LogP contribution >= 0.6 is 11.6 Å². The Balaban J connectivity index is 1.56. The number of fused-ring (bicyclic) bond motifs is 1. The van der Waals surface area contributed by atoms with Gasteiger partial charge in [0.05, 0.1) is 6.04 Å². The monoisotopic (exact) mass is 386 g/mol. The van der Waals surface area contributed by atoms with Gasteiger partial charge < -0.3 is 4.90 Å². The summed E-state index contributed by atoms with van der Waals surface area (Å²) < 4.78 is 13.8. The fourth-order valence-electron chi connectivity index (χ4n) is 4.79. The van der Waals surface area contributed by atoms with Gasteiger partial charge in [-0.05, 0) is 53.8 Å². The highest BCUT2D eigenvalue weighted by Crippen LogP contribution is 2.45. The Labute approximate surface area is 164 Å². The molecule has 1 amide bonds. The van der Waals surface area contributed by atoms with Gasteiger partial charge in [-0.1, -0.05) is 29.8 Å². The molecule has 2 aromatic carbocycles. The van der Waals surface area contributed by atoms with Crippen molar-refractivity contribution in [1.29, 1.82) is 0 Å². The molecule has 0 N–H and O–H groups in total. The number of likely N-dealkylation sites (tertiary alicyclic amines) is 2. The average molecular weight is 387 g/mol. The Hall–Kier alpha value is -1.91. The van der Waals surface area contributed by atoms with E-state index >= 15 is 0 Å². The minimum Gasteiger partial charge on any atom is -0.335 e. The van der Waals surface area contributed by atoms with Crippen LogP contribution in [0.2, 0.25) is 5.02 Å². The Morgan fingerprint density at radius 3 is 2.70 bits per heavy atom. The van der Waals surface area contributed by atoms with Crippen molar-refractivity contribution < 1.29 is 9.18 Å². The van der Waals surface area contributed by atoms with E-state index in [1.54, 1.807) is 19.1 Å². The molecule has 0 saturated carbocycles. The summed E-state index contributed by atoms with van der Waals surface area (Å²) in [6.07, 6.45) is 0. The van der Waals surface area contributed by atoms with Gasteiger partial charge in [0.25, 0.3) is 0 Å². The molecule has 4 rings (SSSR count). The number of benzene rings is 2. The minimum atomic E-state index is -0.244. The van der Waals surface area contributed by atoms with Crippen molar-refractivity contribution in [2.45, 2.75) is 26.4 Å². The summed E-state index contributed by atoms with van der Waals surface area (Å²) in [6.45, 7) is 7.20. The molecule has 0 aromatic heterocycles. The molecule has 0 bridgehead atoms. The van der Waals surface area contributed by atoms with Crippen LogP contribution in [0.25, 0.3) is 0 Å². The number of carbonyl (C=O) groups is 1. The standard InChI is InChI=1S/C22H24ClFN2O/c1-14-8-19(23)7-6-17(14)10-25-11-18-12-26(15(2)27)22(21(18)13-25)16-4-3-5-20(24)9-16/h3-9,18,21-22H,10-13H2,1-2H3/t18-,21-,22+/m1/s1. The summed E-state index contributed by atoms with van der Waals surface area (Å²) in [4.78, 5) is 16.6. The first kappa shape index (κ1) is 18.5. The van der Waals surface area contributed by atoms with Gasteiger partial charge in [0.2, 0.25) is 5.91 Å². The SMILES string of the molecule is CC(=O)N1C[C@H]2CN(Cc3ccc(Cl)cc3C)C[C@H]2[C@@H]1c1cccc(F)c1. The lowest BCUT2D eigenvalue weighted by Crippen LogP contribution is -2.34. The van der Waals surface area contributed by atoms with E-state index in [4.69, 9.17) is 11.6 Å². The smallest absolute Gasteiger partial charge is 0.219 e. The number of amides is 1. The molecule has 2 saturated heterocycles. The van der Waals surface area contributed by atoms with Crippen LogP contribution in [0.4, 0.5) is 4.39 Å². The maximum atomic E-state index is 13.8. The third kappa shape index (κ3) is 3.61. The molecule has 142 valence electrons. The van der Waals surface area contributed by atoms with Crippen LogP contribution in [-0.4, -0.2) is 35.3 Å². The summed E-state index contributed by atoms with van der Waals surface area (Å²) in [7, 11) is 0. The van der Waals surface area contributed by atoms with Gasteiger partial charge in [-0.2, -0.15) is 0 Å². The number of hydrogen-bond donors (Lipinski definition) is 0. The van der Waals surface area contributed by atoms with Crippen LogP contribution in [0, 0.1) is 24.6 Å². The number of nitrogens with zero attached hydrogens (tertiary/aromatic N) is 2. The molecule has 2 aliphatic rings. The van der Waals surface area contributed by atoms with Crippen molar-refractivity contribution in [3.8, 4) is 0 Å². The summed E-state index contributed by atoms with van der Waals surface area (Å²) in [5, 5.41) is 0.762. The van der Waals surface area contributed by atoms with Crippen molar-refractivity contribution in [3.05, 3.63) is 70.0 Å². The lowest BCUT2D eigenvalue weighted by Gasteiger charge is -2.29. The van der Waals surface area contributed by atoms with Crippen LogP contribution in [0.5, 0.6) is 0 Å². The third-order valence-corrected chi connectivity index (χ3v) is 6.27. The molecule has 2 fully saturated rings. The highest BCUT2D eigenvalue weighted by molar-refractivity contribution is 6.30. The molecule has 0 aliphatic carbocycles. The molecule has 2 aromatic rings. The molecule has 0 unspecified atom stereocenters. The zero-order valence-electron chi connectivity index (χ0n) is 15.7. The highest BCUT2D eigenvalue weighted by Gasteiger charge is 2.48. The number of aryl methyl sites for hydroxylation is 1. The Kier molecular flexibility index (Phi) is 4.95. The highest BCUT2D eigenvalue weighted by atomic mass is 35.5. The van der Waals surface area contributed by atoms with Crippen molar-refractivity contribution in [1.82, 2.24) is 9.80 Å². The number of carbonyl (C=O) groups excluding carboxylic acids is 1. The topological polar surface area (TPSA) is 23.6 Å². The second-order valence-electron chi connectivity index (χ2n) is 7.86. The largest absolute Gasteiger partial charge is 0.335 e. The second-order valence-corrected chi connectivity index (χ2v) is 8.30. The van der Waals surface area contributed by atoms with E-state index in [0.29, 0.717) is 11.8 Å². The first-order valence-electron chi connectivity index (χ1n) is 9.42. The third-order valence-electron chi connectivity index (χ3n) is 6.03. The van der Waals surface area contributed by atoms with Crippen LogP contribution < -0.4 is 0 Å². The molecule has 2 aliphatic heterocycles. The zero-order chi connectivity index (χ0) is 19.1. The molecule has 3 atom stereocenters. The average Bonchev–Trinajstić information content (AvgIpc) is 3.14. The van der Waals surface area contributed by atoms with Gasteiger partial charge in [0.1, 0.15) is 5.82 Å². The fourth-order valence-corrected chi connectivity index (χ4v) is 5.01. The van der Waals surface area contributed by atoms with Gasteiger partial charge >= 0.3 is 0 Å². The maximum Gasteiger partial charge on any atom is 0.219 e. The van der Waals surface area contributed by atoms with Gasteiger partial charge in [0, 0.05) is 44.0 Å². The zero-order valence-corrected chi connectivity index (χ0v) is 16.4. The maximum absolute atomic E-state index is 13.8. The van der Waals surface area contributed by atoms with Gasteiger partial charge in [-0.3, -0.25) is 9.69 Å². The van der Waals surface area contributed by atoms with E-state index in [9.17, 15) is 9.18 Å². The van der Waals surface area contributed by atoms with Gasteiger partial charge in [-0.15, -0.1) is 0 Å². The predicted octanol–water partition coefficient (Wildman–Crippen LogP) is 4.44. The van der Waals surface area contributed by atoms with Gasteiger partial charge in [-0.25, -0.2) is 4.39 Å². The quantitative estimate of drug-likeness (QED) is 0.778. The Bertz CT molecular complexity index is 871. The van der Waals surface area contributed by atoms with E-state index in [1.807, 2.05) is 23.1 Å². The van der Waals surface area contributed by atoms with Crippen LogP contribution in [0.15, 0.2) is 42.5 Å². The molecule has 2 heterocycles. The second kappa shape index (κ2) is 7.25. The molecule has 5 heteroatoms. The van der Waals surface area contributed by atoms with E-state index in [0.717, 1.165) is 36.8 Å². The minimum absolute atomic E-state index is 0.0421. The Morgan fingerprint density at radius 2 is 2.00 bits per heavy atom.